The lowest BCUT2D eigenvalue weighted by molar-refractivity contribution is 0.411. The van der Waals surface area contributed by atoms with Gasteiger partial charge >= 0.3 is 0 Å². The summed E-state index contributed by atoms with van der Waals surface area (Å²) in [5.74, 6) is 0.944. The molecule has 0 aromatic heterocycles. The number of rotatable bonds is 5. The quantitative estimate of drug-likeness (QED) is 0.876. The van der Waals surface area contributed by atoms with Gasteiger partial charge in [0.25, 0.3) is 0 Å². The molecule has 0 bridgehead atoms. The van der Waals surface area contributed by atoms with Crippen LogP contribution < -0.4 is 10.1 Å². The molecule has 0 saturated heterocycles. The second kappa shape index (κ2) is 6.39. The summed E-state index contributed by atoms with van der Waals surface area (Å²) in [6, 6.07) is 17.1. The van der Waals surface area contributed by atoms with E-state index in [0.29, 0.717) is 6.04 Å². The SMILES string of the molecule is COc1ccc(CNC(C)c2ccccc2)cc1C. The fraction of sp³-hybridized carbons (Fsp3) is 0.294. The lowest BCUT2D eigenvalue weighted by Gasteiger charge is -2.15. The van der Waals surface area contributed by atoms with E-state index in [-0.39, 0.29) is 0 Å². The predicted octanol–water partition coefficient (Wildman–Crippen LogP) is 3.85. The highest BCUT2D eigenvalue weighted by molar-refractivity contribution is 5.36. The third-order valence-corrected chi connectivity index (χ3v) is 3.37. The van der Waals surface area contributed by atoms with Gasteiger partial charge in [0.15, 0.2) is 0 Å². The Morgan fingerprint density at radius 2 is 1.84 bits per heavy atom. The number of benzene rings is 2. The highest BCUT2D eigenvalue weighted by atomic mass is 16.5. The van der Waals surface area contributed by atoms with E-state index in [1.54, 1.807) is 7.11 Å². The molecule has 2 nitrogen and oxygen atoms in total. The van der Waals surface area contributed by atoms with Crippen molar-refractivity contribution in [1.29, 1.82) is 0 Å². The molecule has 100 valence electrons. The molecular formula is C17H21NO. The highest BCUT2D eigenvalue weighted by Crippen LogP contribution is 2.19. The standard InChI is InChI=1S/C17H21NO/c1-13-11-15(9-10-17(13)19-3)12-18-14(2)16-7-5-4-6-8-16/h4-11,14,18H,12H2,1-3H3. The van der Waals surface area contributed by atoms with Crippen molar-refractivity contribution in [2.24, 2.45) is 0 Å². The Labute approximate surface area is 115 Å². The maximum atomic E-state index is 5.27. The molecule has 2 rings (SSSR count). The predicted molar refractivity (Wildman–Crippen MR) is 79.4 cm³/mol. The minimum atomic E-state index is 0.351. The van der Waals surface area contributed by atoms with Gasteiger partial charge in [-0.3, -0.25) is 0 Å². The molecule has 0 aliphatic carbocycles. The van der Waals surface area contributed by atoms with Crippen molar-refractivity contribution >= 4 is 0 Å². The van der Waals surface area contributed by atoms with Crippen LogP contribution in [0.5, 0.6) is 5.75 Å². The molecular weight excluding hydrogens is 234 g/mol. The first-order valence-corrected chi connectivity index (χ1v) is 6.62. The van der Waals surface area contributed by atoms with Gasteiger partial charge in [0.2, 0.25) is 0 Å². The summed E-state index contributed by atoms with van der Waals surface area (Å²) >= 11 is 0. The van der Waals surface area contributed by atoms with Gasteiger partial charge in [0, 0.05) is 12.6 Å². The first-order chi connectivity index (χ1) is 9.20. The van der Waals surface area contributed by atoms with E-state index < -0.39 is 0 Å². The van der Waals surface area contributed by atoms with Crippen LogP contribution in [0.15, 0.2) is 48.5 Å². The molecule has 2 heteroatoms. The average Bonchev–Trinajstić information content (AvgIpc) is 2.46. The van der Waals surface area contributed by atoms with Crippen LogP contribution in [0.3, 0.4) is 0 Å². The summed E-state index contributed by atoms with van der Waals surface area (Å²) in [4.78, 5) is 0. The lowest BCUT2D eigenvalue weighted by Crippen LogP contribution is -2.18. The molecule has 2 aromatic rings. The summed E-state index contributed by atoms with van der Waals surface area (Å²) in [6.45, 7) is 5.12. The van der Waals surface area contributed by atoms with Gasteiger partial charge in [-0.2, -0.15) is 0 Å². The molecule has 0 amide bonds. The molecule has 1 N–H and O–H groups in total. The zero-order chi connectivity index (χ0) is 13.7. The Bertz CT molecular complexity index is 522. The van der Waals surface area contributed by atoms with Crippen molar-refractivity contribution in [3.8, 4) is 5.75 Å². The number of ether oxygens (including phenoxy) is 1. The Kier molecular flexibility index (Phi) is 4.58. The van der Waals surface area contributed by atoms with E-state index in [1.807, 2.05) is 12.1 Å². The minimum absolute atomic E-state index is 0.351. The van der Waals surface area contributed by atoms with Gasteiger partial charge in [0.1, 0.15) is 5.75 Å². The van der Waals surface area contributed by atoms with Crippen LogP contribution in [-0.2, 0) is 6.54 Å². The molecule has 0 heterocycles. The van der Waals surface area contributed by atoms with E-state index in [9.17, 15) is 0 Å². The average molecular weight is 255 g/mol. The van der Waals surface area contributed by atoms with E-state index in [4.69, 9.17) is 4.74 Å². The van der Waals surface area contributed by atoms with Crippen molar-refractivity contribution in [1.82, 2.24) is 5.32 Å². The minimum Gasteiger partial charge on any atom is -0.496 e. The Hall–Kier alpha value is -1.80. The normalized spacial score (nSPS) is 12.2. The monoisotopic (exact) mass is 255 g/mol. The molecule has 0 fully saturated rings. The Morgan fingerprint density at radius 1 is 1.11 bits per heavy atom. The number of methoxy groups -OCH3 is 1. The lowest BCUT2D eigenvalue weighted by atomic mass is 10.1. The summed E-state index contributed by atoms with van der Waals surface area (Å²) in [5, 5.41) is 3.54. The Balaban J connectivity index is 1.97. The molecule has 1 unspecified atom stereocenters. The zero-order valence-corrected chi connectivity index (χ0v) is 11.8. The number of hydrogen-bond acceptors (Lipinski definition) is 2. The molecule has 2 aromatic carbocycles. The number of hydrogen-bond donors (Lipinski definition) is 1. The number of nitrogens with one attached hydrogen (secondary N) is 1. The summed E-state index contributed by atoms with van der Waals surface area (Å²) < 4.78 is 5.27. The topological polar surface area (TPSA) is 21.3 Å². The second-order valence-corrected chi connectivity index (χ2v) is 4.82. The summed E-state index contributed by atoms with van der Waals surface area (Å²) in [6.07, 6.45) is 0. The van der Waals surface area contributed by atoms with Crippen LogP contribution in [0.2, 0.25) is 0 Å². The van der Waals surface area contributed by atoms with Crippen molar-refractivity contribution in [2.75, 3.05) is 7.11 Å². The molecule has 0 radical (unpaired) electrons. The smallest absolute Gasteiger partial charge is 0.121 e. The van der Waals surface area contributed by atoms with Crippen molar-refractivity contribution < 1.29 is 4.74 Å². The molecule has 1 atom stereocenters. The summed E-state index contributed by atoms with van der Waals surface area (Å²) in [7, 11) is 1.71. The van der Waals surface area contributed by atoms with Crippen molar-refractivity contribution in [2.45, 2.75) is 26.4 Å². The van der Waals surface area contributed by atoms with Gasteiger partial charge < -0.3 is 10.1 Å². The van der Waals surface area contributed by atoms with Crippen molar-refractivity contribution in [3.63, 3.8) is 0 Å². The van der Waals surface area contributed by atoms with E-state index in [2.05, 4.69) is 55.6 Å². The summed E-state index contributed by atoms with van der Waals surface area (Å²) in [5.41, 5.74) is 3.77. The van der Waals surface area contributed by atoms with Gasteiger partial charge in [-0.15, -0.1) is 0 Å². The molecule has 0 spiro atoms. The fourth-order valence-electron chi connectivity index (χ4n) is 2.18. The first-order valence-electron chi connectivity index (χ1n) is 6.62. The van der Waals surface area contributed by atoms with E-state index >= 15 is 0 Å². The van der Waals surface area contributed by atoms with Crippen LogP contribution in [0.4, 0.5) is 0 Å². The van der Waals surface area contributed by atoms with Crippen molar-refractivity contribution in [3.05, 3.63) is 65.2 Å². The zero-order valence-electron chi connectivity index (χ0n) is 11.8. The maximum Gasteiger partial charge on any atom is 0.121 e. The van der Waals surface area contributed by atoms with Crippen LogP contribution in [0.1, 0.15) is 29.7 Å². The van der Waals surface area contributed by atoms with Gasteiger partial charge in [-0.1, -0.05) is 42.5 Å². The van der Waals surface area contributed by atoms with Crippen LogP contribution in [-0.4, -0.2) is 7.11 Å². The van der Waals surface area contributed by atoms with Crippen LogP contribution in [0, 0.1) is 6.92 Å². The molecule has 0 aliphatic heterocycles. The number of aryl methyl sites for hydroxylation is 1. The first kappa shape index (κ1) is 13.6. The molecule has 0 aliphatic rings. The van der Waals surface area contributed by atoms with Gasteiger partial charge in [-0.25, -0.2) is 0 Å². The van der Waals surface area contributed by atoms with E-state index in [0.717, 1.165) is 12.3 Å². The van der Waals surface area contributed by atoms with Crippen LogP contribution in [0.25, 0.3) is 0 Å². The molecule has 0 saturated carbocycles. The van der Waals surface area contributed by atoms with Gasteiger partial charge in [0.05, 0.1) is 7.11 Å². The molecule has 19 heavy (non-hydrogen) atoms. The Morgan fingerprint density at radius 3 is 2.47 bits per heavy atom. The second-order valence-electron chi connectivity index (χ2n) is 4.82. The van der Waals surface area contributed by atoms with Gasteiger partial charge in [-0.05, 0) is 36.6 Å². The third kappa shape index (κ3) is 3.58. The van der Waals surface area contributed by atoms with E-state index in [1.165, 1.54) is 16.7 Å². The van der Waals surface area contributed by atoms with Crippen LogP contribution >= 0.6 is 0 Å². The fourth-order valence-corrected chi connectivity index (χ4v) is 2.18. The highest BCUT2D eigenvalue weighted by Gasteiger charge is 2.05. The maximum absolute atomic E-state index is 5.27. The largest absolute Gasteiger partial charge is 0.496 e. The third-order valence-electron chi connectivity index (χ3n) is 3.37.